The summed E-state index contributed by atoms with van der Waals surface area (Å²) in [4.78, 5) is 0. The van der Waals surface area contributed by atoms with Crippen LogP contribution in [0.5, 0.6) is 11.5 Å². The topological polar surface area (TPSA) is 65.2 Å². The van der Waals surface area contributed by atoms with Gasteiger partial charge in [0.05, 0.1) is 5.69 Å². The van der Waals surface area contributed by atoms with E-state index >= 15 is 0 Å². The number of aromatic hydroxyl groups is 2. The Morgan fingerprint density at radius 3 is 2.18 bits per heavy atom. The second-order valence-electron chi connectivity index (χ2n) is 3.32. The van der Waals surface area contributed by atoms with Gasteiger partial charge in [0.2, 0.25) is 0 Å². The van der Waals surface area contributed by atoms with Crippen LogP contribution in [-0.4, -0.2) is 10.2 Å². The molecule has 2 aromatic carbocycles. The molecule has 0 unspecified atom stereocenters. The van der Waals surface area contributed by atoms with Gasteiger partial charge in [-0.1, -0.05) is 12.1 Å². The standard InChI is InChI=1S/C12H9FN2O2/c13-8-3-1-4-9(7-8)14-15-12-10(16)5-2-6-11(12)17/h1-7,16-17H. The quantitative estimate of drug-likeness (QED) is 0.776. The van der Waals surface area contributed by atoms with Gasteiger partial charge in [-0.05, 0) is 24.3 Å². The Morgan fingerprint density at radius 1 is 0.882 bits per heavy atom. The van der Waals surface area contributed by atoms with Crippen molar-refractivity contribution in [3.05, 3.63) is 48.3 Å². The molecule has 0 aliphatic rings. The Bertz CT molecular complexity index is 550. The fourth-order valence-electron chi connectivity index (χ4n) is 1.27. The molecule has 0 saturated heterocycles. The summed E-state index contributed by atoms with van der Waals surface area (Å²) >= 11 is 0. The van der Waals surface area contributed by atoms with Crippen molar-refractivity contribution in [1.82, 2.24) is 0 Å². The van der Waals surface area contributed by atoms with E-state index < -0.39 is 5.82 Å². The zero-order chi connectivity index (χ0) is 12.3. The lowest BCUT2D eigenvalue weighted by Crippen LogP contribution is -1.71. The van der Waals surface area contributed by atoms with Crippen LogP contribution in [-0.2, 0) is 0 Å². The smallest absolute Gasteiger partial charge is 0.169 e. The second-order valence-corrected chi connectivity index (χ2v) is 3.32. The third-order valence-electron chi connectivity index (χ3n) is 2.07. The van der Waals surface area contributed by atoms with Gasteiger partial charge in [-0.15, -0.1) is 5.11 Å². The van der Waals surface area contributed by atoms with Crippen molar-refractivity contribution < 1.29 is 14.6 Å². The van der Waals surface area contributed by atoms with Crippen LogP contribution in [0.4, 0.5) is 15.8 Å². The second kappa shape index (κ2) is 4.61. The highest BCUT2D eigenvalue weighted by atomic mass is 19.1. The first-order chi connectivity index (χ1) is 8.16. The fraction of sp³-hybridized carbons (Fsp3) is 0. The third-order valence-corrected chi connectivity index (χ3v) is 2.07. The number of nitrogens with zero attached hydrogens (tertiary/aromatic N) is 2. The van der Waals surface area contributed by atoms with Gasteiger partial charge in [0.1, 0.15) is 17.3 Å². The Labute approximate surface area is 96.7 Å². The highest BCUT2D eigenvalue weighted by molar-refractivity contribution is 5.60. The first-order valence-corrected chi connectivity index (χ1v) is 4.85. The molecular weight excluding hydrogens is 223 g/mol. The van der Waals surface area contributed by atoms with E-state index in [0.29, 0.717) is 5.69 Å². The summed E-state index contributed by atoms with van der Waals surface area (Å²) in [5.41, 5.74) is 0.254. The lowest BCUT2D eigenvalue weighted by molar-refractivity contribution is 0.452. The van der Waals surface area contributed by atoms with E-state index in [1.807, 2.05) is 0 Å². The molecule has 0 spiro atoms. The highest BCUT2D eigenvalue weighted by Gasteiger charge is 2.05. The normalized spacial score (nSPS) is 10.9. The summed E-state index contributed by atoms with van der Waals surface area (Å²) in [6.45, 7) is 0. The van der Waals surface area contributed by atoms with Crippen LogP contribution in [0.3, 0.4) is 0 Å². The minimum atomic E-state index is -0.428. The predicted molar refractivity (Wildman–Crippen MR) is 60.3 cm³/mol. The van der Waals surface area contributed by atoms with Gasteiger partial charge in [-0.25, -0.2) is 4.39 Å². The van der Waals surface area contributed by atoms with Crippen molar-refractivity contribution in [3.63, 3.8) is 0 Å². The van der Waals surface area contributed by atoms with E-state index in [2.05, 4.69) is 10.2 Å². The number of phenolic OH excluding ortho intramolecular Hbond substituents is 2. The zero-order valence-corrected chi connectivity index (χ0v) is 8.71. The molecule has 0 heterocycles. The summed E-state index contributed by atoms with van der Waals surface area (Å²) < 4.78 is 12.9. The van der Waals surface area contributed by atoms with Crippen molar-refractivity contribution >= 4 is 11.4 Å². The maximum absolute atomic E-state index is 12.9. The number of hydrogen-bond acceptors (Lipinski definition) is 4. The van der Waals surface area contributed by atoms with Crippen molar-refractivity contribution in [2.24, 2.45) is 10.2 Å². The Balaban J connectivity index is 2.32. The minimum Gasteiger partial charge on any atom is -0.505 e. The first-order valence-electron chi connectivity index (χ1n) is 4.85. The van der Waals surface area contributed by atoms with E-state index in [4.69, 9.17) is 0 Å². The monoisotopic (exact) mass is 232 g/mol. The van der Waals surface area contributed by atoms with Crippen LogP contribution < -0.4 is 0 Å². The van der Waals surface area contributed by atoms with E-state index in [-0.39, 0.29) is 17.2 Å². The Morgan fingerprint density at radius 2 is 1.53 bits per heavy atom. The number of benzene rings is 2. The van der Waals surface area contributed by atoms with Crippen molar-refractivity contribution in [2.75, 3.05) is 0 Å². The highest BCUT2D eigenvalue weighted by Crippen LogP contribution is 2.36. The van der Waals surface area contributed by atoms with Gasteiger partial charge in [0.15, 0.2) is 5.69 Å². The molecule has 0 atom stereocenters. The van der Waals surface area contributed by atoms with Crippen LogP contribution in [0.2, 0.25) is 0 Å². The average molecular weight is 232 g/mol. The maximum Gasteiger partial charge on any atom is 0.169 e. The molecule has 0 fully saturated rings. The average Bonchev–Trinajstić information content (AvgIpc) is 2.28. The van der Waals surface area contributed by atoms with E-state index in [1.165, 1.54) is 36.4 Å². The lowest BCUT2D eigenvalue weighted by Gasteiger charge is -1.99. The van der Waals surface area contributed by atoms with Crippen molar-refractivity contribution in [1.29, 1.82) is 0 Å². The lowest BCUT2D eigenvalue weighted by atomic mass is 10.3. The maximum atomic E-state index is 12.9. The molecule has 86 valence electrons. The summed E-state index contributed by atoms with van der Waals surface area (Å²) in [5.74, 6) is -0.807. The molecule has 0 aliphatic carbocycles. The largest absolute Gasteiger partial charge is 0.505 e. The number of azo groups is 1. The molecule has 0 aromatic heterocycles. The summed E-state index contributed by atoms with van der Waals surface area (Å²) in [5, 5.41) is 26.3. The third kappa shape index (κ3) is 2.57. The van der Waals surface area contributed by atoms with Crippen LogP contribution in [0, 0.1) is 5.82 Å². The van der Waals surface area contributed by atoms with Gasteiger partial charge in [0.25, 0.3) is 0 Å². The number of rotatable bonds is 2. The Kier molecular flexibility index (Phi) is 3.00. The van der Waals surface area contributed by atoms with Crippen molar-refractivity contribution in [3.8, 4) is 11.5 Å². The molecule has 2 aromatic rings. The molecule has 17 heavy (non-hydrogen) atoms. The molecule has 2 N–H and O–H groups in total. The van der Waals surface area contributed by atoms with Gasteiger partial charge in [-0.3, -0.25) is 0 Å². The van der Waals surface area contributed by atoms with Gasteiger partial charge in [0, 0.05) is 6.07 Å². The van der Waals surface area contributed by atoms with Gasteiger partial charge < -0.3 is 10.2 Å². The van der Waals surface area contributed by atoms with E-state index in [9.17, 15) is 14.6 Å². The van der Waals surface area contributed by atoms with Crippen LogP contribution in [0.25, 0.3) is 0 Å². The molecule has 0 aliphatic heterocycles. The molecular formula is C12H9FN2O2. The SMILES string of the molecule is Oc1cccc(O)c1N=Nc1cccc(F)c1. The number of phenols is 2. The fourth-order valence-corrected chi connectivity index (χ4v) is 1.27. The van der Waals surface area contributed by atoms with Crippen LogP contribution >= 0.6 is 0 Å². The predicted octanol–water partition coefficient (Wildman–Crippen LogP) is 3.65. The zero-order valence-electron chi connectivity index (χ0n) is 8.71. The van der Waals surface area contributed by atoms with Crippen molar-refractivity contribution in [2.45, 2.75) is 0 Å². The number of hydrogen-bond donors (Lipinski definition) is 2. The van der Waals surface area contributed by atoms with E-state index in [1.54, 1.807) is 6.07 Å². The molecule has 2 rings (SSSR count). The van der Waals surface area contributed by atoms with Crippen LogP contribution in [0.15, 0.2) is 52.7 Å². The van der Waals surface area contributed by atoms with E-state index in [0.717, 1.165) is 0 Å². The summed E-state index contributed by atoms with van der Waals surface area (Å²) in [6, 6.07) is 9.76. The van der Waals surface area contributed by atoms with Gasteiger partial charge >= 0.3 is 0 Å². The number of halogens is 1. The summed E-state index contributed by atoms with van der Waals surface area (Å²) in [6.07, 6.45) is 0. The molecule has 0 amide bonds. The molecule has 0 bridgehead atoms. The Hall–Kier alpha value is -2.43. The molecule has 4 nitrogen and oxygen atoms in total. The summed E-state index contributed by atoms with van der Waals surface area (Å²) in [7, 11) is 0. The molecule has 0 saturated carbocycles. The molecule has 0 radical (unpaired) electrons. The minimum absolute atomic E-state index is 0.0447. The first kappa shape index (κ1) is 11.1. The van der Waals surface area contributed by atoms with Gasteiger partial charge in [-0.2, -0.15) is 5.11 Å². The molecule has 5 heteroatoms. The van der Waals surface area contributed by atoms with Crippen LogP contribution in [0.1, 0.15) is 0 Å².